The summed E-state index contributed by atoms with van der Waals surface area (Å²) in [5.41, 5.74) is -1.38. The zero-order chi connectivity index (χ0) is 25.9. The van der Waals surface area contributed by atoms with Crippen LogP contribution < -0.4 is 5.32 Å². The van der Waals surface area contributed by atoms with Crippen LogP contribution in [-0.2, 0) is 31.5 Å². The zero-order valence-electron chi connectivity index (χ0n) is 18.9. The fourth-order valence-corrected chi connectivity index (χ4v) is 6.98. The molecule has 8 nitrogen and oxygen atoms in total. The molecule has 2 heterocycles. The van der Waals surface area contributed by atoms with Crippen molar-refractivity contribution in [3.8, 4) is 0 Å². The van der Waals surface area contributed by atoms with Gasteiger partial charge in [-0.05, 0) is 30.4 Å². The second-order valence-corrected chi connectivity index (χ2v) is 11.3. The van der Waals surface area contributed by atoms with E-state index in [1.807, 2.05) is 0 Å². The van der Waals surface area contributed by atoms with Crippen molar-refractivity contribution in [2.24, 2.45) is 5.92 Å². The maximum atomic E-state index is 14.1. The van der Waals surface area contributed by atoms with Crippen LogP contribution in [0.5, 0.6) is 0 Å². The van der Waals surface area contributed by atoms with Crippen molar-refractivity contribution in [2.75, 3.05) is 12.3 Å². The van der Waals surface area contributed by atoms with Crippen LogP contribution in [0.3, 0.4) is 0 Å². The SMILES string of the molecule is O=C1NC2(CS(=O)(=O)c3ccccc32)C(=O)N1CC(=O)N(Cc1ccccc1)C(C1CC1)C(F)(F)F. The Morgan fingerprint density at radius 1 is 1.08 bits per heavy atom. The first-order valence-electron chi connectivity index (χ1n) is 11.3. The standard InChI is InChI=1S/C24H22F3N3O5S/c25-24(26,27)20(16-10-11-16)29(12-15-6-2-1-3-7-15)19(31)13-30-21(32)23(28-22(30)33)14-36(34,35)18-9-5-4-8-17(18)23/h1-9,16,20H,10-14H2,(H,28,33). The minimum absolute atomic E-state index is 0.0746. The summed E-state index contributed by atoms with van der Waals surface area (Å²) in [6.45, 7) is -1.30. The van der Waals surface area contributed by atoms with E-state index in [2.05, 4.69) is 5.32 Å². The molecule has 2 aromatic carbocycles. The maximum absolute atomic E-state index is 14.1. The summed E-state index contributed by atoms with van der Waals surface area (Å²) in [5, 5.41) is 2.39. The van der Waals surface area contributed by atoms with Gasteiger partial charge in [0.2, 0.25) is 5.91 Å². The Kier molecular flexibility index (Phi) is 5.62. The molecule has 2 unspecified atom stereocenters. The highest BCUT2D eigenvalue weighted by molar-refractivity contribution is 7.91. The third-order valence-electron chi connectivity index (χ3n) is 6.81. The van der Waals surface area contributed by atoms with Crippen LogP contribution in [0.4, 0.5) is 18.0 Å². The van der Waals surface area contributed by atoms with Crippen molar-refractivity contribution in [3.05, 3.63) is 65.7 Å². The lowest BCUT2D eigenvalue weighted by Gasteiger charge is -2.34. The van der Waals surface area contributed by atoms with Crippen molar-refractivity contribution < 1.29 is 36.0 Å². The molecule has 3 aliphatic rings. The van der Waals surface area contributed by atoms with Crippen LogP contribution in [-0.4, -0.2) is 60.6 Å². The smallest absolute Gasteiger partial charge is 0.324 e. The Labute approximate surface area is 205 Å². The van der Waals surface area contributed by atoms with Gasteiger partial charge in [-0.1, -0.05) is 48.5 Å². The molecule has 1 saturated heterocycles. The van der Waals surface area contributed by atoms with E-state index in [0.717, 1.165) is 0 Å². The first-order valence-corrected chi connectivity index (χ1v) is 13.0. The molecule has 5 rings (SSSR count). The fraction of sp³-hybridized carbons (Fsp3) is 0.375. The van der Waals surface area contributed by atoms with Gasteiger partial charge >= 0.3 is 12.2 Å². The number of nitrogens with one attached hydrogen (secondary N) is 1. The Balaban J connectivity index is 1.46. The number of nitrogens with zero attached hydrogens (tertiary/aromatic N) is 2. The summed E-state index contributed by atoms with van der Waals surface area (Å²) in [5.74, 6) is -3.53. The molecule has 2 fully saturated rings. The van der Waals surface area contributed by atoms with E-state index in [9.17, 15) is 36.0 Å². The lowest BCUT2D eigenvalue weighted by atomic mass is 9.92. The summed E-state index contributed by atoms with van der Waals surface area (Å²) < 4.78 is 67.5. The summed E-state index contributed by atoms with van der Waals surface area (Å²) in [7, 11) is -3.90. The Hall–Kier alpha value is -3.41. The number of rotatable bonds is 6. The molecule has 0 bridgehead atoms. The number of amides is 4. The van der Waals surface area contributed by atoms with Gasteiger partial charge in [0.1, 0.15) is 12.6 Å². The first-order chi connectivity index (χ1) is 16.9. The van der Waals surface area contributed by atoms with Crippen molar-refractivity contribution in [2.45, 2.75) is 42.0 Å². The number of hydrogen-bond acceptors (Lipinski definition) is 5. The molecule has 4 amide bonds. The van der Waals surface area contributed by atoms with Gasteiger partial charge in [-0.25, -0.2) is 13.2 Å². The van der Waals surface area contributed by atoms with Crippen LogP contribution in [0, 0.1) is 5.92 Å². The molecule has 0 aromatic heterocycles. The first kappa shape index (κ1) is 24.3. The summed E-state index contributed by atoms with van der Waals surface area (Å²) >= 11 is 0. The average molecular weight is 522 g/mol. The summed E-state index contributed by atoms with van der Waals surface area (Å²) in [4.78, 5) is 40.6. The van der Waals surface area contributed by atoms with E-state index in [1.54, 1.807) is 30.3 Å². The van der Waals surface area contributed by atoms with Crippen molar-refractivity contribution in [1.29, 1.82) is 0 Å². The lowest BCUT2D eigenvalue weighted by molar-refractivity contribution is -0.196. The zero-order valence-corrected chi connectivity index (χ0v) is 19.7. The van der Waals surface area contributed by atoms with Crippen molar-refractivity contribution in [1.82, 2.24) is 15.1 Å². The highest BCUT2D eigenvalue weighted by Gasteiger charge is 2.61. The Bertz CT molecular complexity index is 1340. The Morgan fingerprint density at radius 2 is 1.72 bits per heavy atom. The average Bonchev–Trinajstić information content (AvgIpc) is 3.58. The van der Waals surface area contributed by atoms with Gasteiger partial charge < -0.3 is 10.2 Å². The minimum Gasteiger partial charge on any atom is -0.324 e. The van der Waals surface area contributed by atoms with Gasteiger partial charge in [0.05, 0.1) is 10.6 Å². The molecule has 190 valence electrons. The second kappa shape index (κ2) is 8.32. The number of halogens is 3. The molecule has 1 aliphatic carbocycles. The van der Waals surface area contributed by atoms with E-state index in [-0.39, 0.29) is 17.0 Å². The normalized spacial score (nSPS) is 23.5. The fourth-order valence-electron chi connectivity index (χ4n) is 5.04. The van der Waals surface area contributed by atoms with E-state index >= 15 is 0 Å². The van der Waals surface area contributed by atoms with E-state index in [1.165, 1.54) is 24.3 Å². The number of benzene rings is 2. The number of hydrogen-bond donors (Lipinski definition) is 1. The highest BCUT2D eigenvalue weighted by atomic mass is 32.2. The van der Waals surface area contributed by atoms with Crippen LogP contribution >= 0.6 is 0 Å². The molecule has 12 heteroatoms. The van der Waals surface area contributed by atoms with E-state index < -0.39 is 63.7 Å². The summed E-state index contributed by atoms with van der Waals surface area (Å²) in [6.07, 6.45) is -4.09. The molecule has 0 radical (unpaired) electrons. The number of carbonyl (C=O) groups is 3. The lowest BCUT2D eigenvalue weighted by Crippen LogP contribution is -2.53. The topological polar surface area (TPSA) is 104 Å². The Morgan fingerprint density at radius 3 is 2.36 bits per heavy atom. The number of carbonyl (C=O) groups excluding carboxylic acids is 3. The molecule has 1 N–H and O–H groups in total. The molecular weight excluding hydrogens is 499 g/mol. The predicted octanol–water partition coefficient (Wildman–Crippen LogP) is 2.59. The molecule has 2 atom stereocenters. The van der Waals surface area contributed by atoms with Crippen LogP contribution in [0.25, 0.3) is 0 Å². The molecule has 2 aromatic rings. The van der Waals surface area contributed by atoms with Crippen LogP contribution in [0.15, 0.2) is 59.5 Å². The van der Waals surface area contributed by atoms with Gasteiger partial charge in [-0.15, -0.1) is 0 Å². The van der Waals surface area contributed by atoms with E-state index in [0.29, 0.717) is 28.2 Å². The second-order valence-electron chi connectivity index (χ2n) is 9.31. The molecular formula is C24H22F3N3O5S. The quantitative estimate of drug-likeness (QED) is 0.589. The molecule has 2 aliphatic heterocycles. The third-order valence-corrected chi connectivity index (χ3v) is 8.65. The van der Waals surface area contributed by atoms with Gasteiger partial charge in [-0.3, -0.25) is 14.5 Å². The van der Waals surface area contributed by atoms with Gasteiger partial charge in [-0.2, -0.15) is 13.2 Å². The monoisotopic (exact) mass is 521 g/mol. The summed E-state index contributed by atoms with van der Waals surface area (Å²) in [6, 6.07) is 10.8. The van der Waals surface area contributed by atoms with E-state index in [4.69, 9.17) is 0 Å². The van der Waals surface area contributed by atoms with Crippen LogP contribution in [0.1, 0.15) is 24.0 Å². The number of imide groups is 1. The minimum atomic E-state index is -4.71. The van der Waals surface area contributed by atoms with Gasteiger partial charge in [0, 0.05) is 12.1 Å². The van der Waals surface area contributed by atoms with Gasteiger partial charge in [0.15, 0.2) is 15.4 Å². The molecule has 1 spiro atoms. The highest BCUT2D eigenvalue weighted by Crippen LogP contribution is 2.44. The number of urea groups is 1. The largest absolute Gasteiger partial charge is 0.409 e. The van der Waals surface area contributed by atoms with Gasteiger partial charge in [0.25, 0.3) is 5.91 Å². The molecule has 36 heavy (non-hydrogen) atoms. The number of alkyl halides is 3. The maximum Gasteiger partial charge on any atom is 0.409 e. The van der Waals surface area contributed by atoms with Crippen molar-refractivity contribution in [3.63, 3.8) is 0 Å². The van der Waals surface area contributed by atoms with Crippen molar-refractivity contribution >= 4 is 27.7 Å². The van der Waals surface area contributed by atoms with Crippen LogP contribution in [0.2, 0.25) is 0 Å². The third kappa shape index (κ3) is 4.02. The number of sulfone groups is 1. The number of fused-ring (bicyclic) bond motifs is 2. The molecule has 1 saturated carbocycles. The predicted molar refractivity (Wildman–Crippen MR) is 120 cm³/mol.